The molecule has 0 radical (unpaired) electrons. The van der Waals surface area contributed by atoms with Crippen molar-refractivity contribution in [2.24, 2.45) is 5.10 Å². The smallest absolute Gasteiger partial charge is 0.237 e. The molecule has 0 aliphatic heterocycles. The van der Waals surface area contributed by atoms with E-state index in [-0.39, 0.29) is 5.71 Å². The van der Waals surface area contributed by atoms with Crippen LogP contribution in [0.4, 0.5) is 5.69 Å². The zero-order valence-electron chi connectivity index (χ0n) is 8.68. The number of hydrazone groups is 1. The Kier molecular flexibility index (Phi) is 4.02. The van der Waals surface area contributed by atoms with Gasteiger partial charge in [0.2, 0.25) is 5.71 Å². The van der Waals surface area contributed by atoms with Crippen molar-refractivity contribution in [2.75, 3.05) is 5.43 Å². The third-order valence-electron chi connectivity index (χ3n) is 1.91. The lowest BCUT2D eigenvalue weighted by atomic mass is 10.1. The molecule has 0 aromatic heterocycles. The van der Waals surface area contributed by atoms with Crippen molar-refractivity contribution in [3.8, 4) is 12.1 Å². The SMILES string of the molecule is CC(O)c1ccccc1NN=C(C#N)C#N. The summed E-state index contributed by atoms with van der Waals surface area (Å²) < 4.78 is 0. The molecule has 0 saturated heterocycles. The first-order valence-electron chi connectivity index (χ1n) is 4.60. The number of hydrogen-bond donors (Lipinski definition) is 2. The van der Waals surface area contributed by atoms with E-state index in [2.05, 4.69) is 10.5 Å². The van der Waals surface area contributed by atoms with Gasteiger partial charge in [0.05, 0.1) is 11.8 Å². The van der Waals surface area contributed by atoms with Gasteiger partial charge in [0, 0.05) is 5.56 Å². The first-order valence-corrected chi connectivity index (χ1v) is 4.60. The molecule has 0 heterocycles. The van der Waals surface area contributed by atoms with Crippen LogP contribution in [0.5, 0.6) is 0 Å². The van der Waals surface area contributed by atoms with E-state index in [0.29, 0.717) is 11.3 Å². The van der Waals surface area contributed by atoms with Crippen LogP contribution in [0.25, 0.3) is 0 Å². The van der Waals surface area contributed by atoms with Crippen LogP contribution in [0.2, 0.25) is 0 Å². The highest BCUT2D eigenvalue weighted by molar-refractivity contribution is 6.10. The topological polar surface area (TPSA) is 92.2 Å². The highest BCUT2D eigenvalue weighted by Crippen LogP contribution is 2.21. The van der Waals surface area contributed by atoms with Gasteiger partial charge in [-0.2, -0.15) is 15.6 Å². The van der Waals surface area contributed by atoms with Crippen LogP contribution < -0.4 is 5.43 Å². The summed E-state index contributed by atoms with van der Waals surface area (Å²) in [6, 6.07) is 10.3. The zero-order chi connectivity index (χ0) is 12.0. The first kappa shape index (κ1) is 11.7. The first-order chi connectivity index (χ1) is 7.69. The number of hydrogen-bond acceptors (Lipinski definition) is 5. The van der Waals surface area contributed by atoms with Crippen LogP contribution in [-0.2, 0) is 0 Å². The second-order valence-corrected chi connectivity index (χ2v) is 3.06. The van der Waals surface area contributed by atoms with Gasteiger partial charge in [-0.3, -0.25) is 5.43 Å². The Hall–Kier alpha value is -2.37. The van der Waals surface area contributed by atoms with Gasteiger partial charge in [0.15, 0.2) is 0 Å². The van der Waals surface area contributed by atoms with Crippen LogP contribution in [0.3, 0.4) is 0 Å². The normalized spacial score (nSPS) is 10.8. The molecular weight excluding hydrogens is 204 g/mol. The van der Waals surface area contributed by atoms with Gasteiger partial charge < -0.3 is 5.11 Å². The summed E-state index contributed by atoms with van der Waals surface area (Å²) in [5, 5.41) is 30.1. The van der Waals surface area contributed by atoms with Gasteiger partial charge >= 0.3 is 0 Å². The fourth-order valence-electron chi connectivity index (χ4n) is 1.15. The fraction of sp³-hybridized carbons (Fsp3) is 0.182. The van der Waals surface area contributed by atoms with Crippen LogP contribution in [-0.4, -0.2) is 10.8 Å². The molecule has 1 unspecified atom stereocenters. The minimum Gasteiger partial charge on any atom is -0.389 e. The van der Waals surface area contributed by atoms with Gasteiger partial charge in [-0.25, -0.2) is 0 Å². The lowest BCUT2D eigenvalue weighted by Crippen LogP contribution is -2.01. The number of nitrogens with zero attached hydrogens (tertiary/aromatic N) is 3. The van der Waals surface area contributed by atoms with Gasteiger partial charge in [-0.1, -0.05) is 18.2 Å². The Balaban J connectivity index is 2.95. The molecular formula is C11H10N4O. The largest absolute Gasteiger partial charge is 0.389 e. The lowest BCUT2D eigenvalue weighted by molar-refractivity contribution is 0.200. The highest BCUT2D eigenvalue weighted by Gasteiger charge is 2.06. The molecule has 0 saturated carbocycles. The predicted octanol–water partition coefficient (Wildman–Crippen LogP) is 1.55. The predicted molar refractivity (Wildman–Crippen MR) is 59.4 cm³/mol. The third-order valence-corrected chi connectivity index (χ3v) is 1.91. The van der Waals surface area contributed by atoms with Crippen LogP contribution in [0.15, 0.2) is 29.4 Å². The number of nitrogens with one attached hydrogen (secondary N) is 1. The molecule has 0 spiro atoms. The van der Waals surface area contributed by atoms with Crippen LogP contribution >= 0.6 is 0 Å². The van der Waals surface area contributed by atoms with Gasteiger partial charge in [0.1, 0.15) is 12.1 Å². The summed E-state index contributed by atoms with van der Waals surface area (Å²) in [6.07, 6.45) is -0.647. The summed E-state index contributed by atoms with van der Waals surface area (Å²) in [5.41, 5.74) is 3.54. The maximum Gasteiger partial charge on any atom is 0.237 e. The van der Waals surface area contributed by atoms with Crippen molar-refractivity contribution in [1.29, 1.82) is 10.5 Å². The van der Waals surface area contributed by atoms with Crippen molar-refractivity contribution < 1.29 is 5.11 Å². The number of nitriles is 2. The second kappa shape index (κ2) is 5.50. The van der Waals surface area contributed by atoms with E-state index in [1.54, 1.807) is 43.3 Å². The number of anilines is 1. The van der Waals surface area contributed by atoms with Gasteiger partial charge in [0.25, 0.3) is 0 Å². The molecule has 0 aliphatic rings. The monoisotopic (exact) mass is 214 g/mol. The van der Waals surface area contributed by atoms with Gasteiger partial charge in [-0.05, 0) is 13.0 Å². The summed E-state index contributed by atoms with van der Waals surface area (Å²) >= 11 is 0. The quantitative estimate of drug-likeness (QED) is 0.589. The van der Waals surface area contributed by atoms with E-state index in [0.717, 1.165) is 0 Å². The Labute approximate surface area is 93.3 Å². The molecule has 1 aromatic carbocycles. The van der Waals surface area contributed by atoms with E-state index in [9.17, 15) is 5.11 Å². The Morgan fingerprint density at radius 2 is 2.00 bits per heavy atom. The molecule has 1 aromatic rings. The number of aliphatic hydroxyl groups is 1. The van der Waals surface area contributed by atoms with Crippen molar-refractivity contribution in [1.82, 2.24) is 0 Å². The average molecular weight is 214 g/mol. The Morgan fingerprint density at radius 3 is 2.56 bits per heavy atom. The van der Waals surface area contributed by atoms with Crippen LogP contribution in [0, 0.1) is 22.7 Å². The Bertz CT molecular complexity index is 463. The van der Waals surface area contributed by atoms with E-state index in [1.807, 2.05) is 0 Å². The molecule has 2 N–H and O–H groups in total. The number of rotatable bonds is 3. The summed E-state index contributed by atoms with van der Waals surface area (Å²) in [5.74, 6) is 0. The van der Waals surface area contributed by atoms with E-state index < -0.39 is 6.10 Å². The minimum atomic E-state index is -0.647. The summed E-state index contributed by atoms with van der Waals surface area (Å²) in [6.45, 7) is 1.62. The highest BCUT2D eigenvalue weighted by atomic mass is 16.3. The average Bonchev–Trinajstić information content (AvgIpc) is 2.30. The molecule has 5 heteroatoms. The molecule has 0 bridgehead atoms. The zero-order valence-corrected chi connectivity index (χ0v) is 8.68. The maximum atomic E-state index is 9.47. The van der Waals surface area contributed by atoms with Crippen molar-refractivity contribution in [3.63, 3.8) is 0 Å². The number of benzene rings is 1. The van der Waals surface area contributed by atoms with E-state index in [4.69, 9.17) is 10.5 Å². The van der Waals surface area contributed by atoms with E-state index >= 15 is 0 Å². The number of aliphatic hydroxyl groups excluding tert-OH is 1. The number of para-hydroxylation sites is 1. The maximum absolute atomic E-state index is 9.47. The standard InChI is InChI=1S/C11H10N4O/c1-8(16)10-4-2-3-5-11(10)15-14-9(6-12)7-13/h2-5,8,15-16H,1H3. The molecule has 1 atom stereocenters. The second-order valence-electron chi connectivity index (χ2n) is 3.06. The summed E-state index contributed by atoms with van der Waals surface area (Å²) in [7, 11) is 0. The molecule has 16 heavy (non-hydrogen) atoms. The minimum absolute atomic E-state index is 0.264. The van der Waals surface area contributed by atoms with Crippen molar-refractivity contribution >= 4 is 11.4 Å². The lowest BCUT2D eigenvalue weighted by Gasteiger charge is -2.10. The van der Waals surface area contributed by atoms with Crippen molar-refractivity contribution in [2.45, 2.75) is 13.0 Å². The van der Waals surface area contributed by atoms with Crippen molar-refractivity contribution in [3.05, 3.63) is 29.8 Å². The third kappa shape index (κ3) is 2.81. The van der Waals surface area contributed by atoms with Gasteiger partial charge in [-0.15, -0.1) is 0 Å². The fourth-order valence-corrected chi connectivity index (χ4v) is 1.15. The summed E-state index contributed by atoms with van der Waals surface area (Å²) in [4.78, 5) is 0. The molecule has 80 valence electrons. The van der Waals surface area contributed by atoms with E-state index in [1.165, 1.54) is 0 Å². The molecule has 5 nitrogen and oxygen atoms in total. The van der Waals surface area contributed by atoms with Crippen LogP contribution in [0.1, 0.15) is 18.6 Å². The molecule has 1 rings (SSSR count). The Morgan fingerprint density at radius 1 is 1.38 bits per heavy atom. The molecule has 0 amide bonds. The molecule has 0 aliphatic carbocycles. The molecule has 0 fully saturated rings.